The Hall–Kier alpha value is -3.80. The highest BCUT2D eigenvalue weighted by Gasteiger charge is 2.35. The van der Waals surface area contributed by atoms with Gasteiger partial charge in [-0.25, -0.2) is 4.98 Å². The lowest BCUT2D eigenvalue weighted by Crippen LogP contribution is -2.24. The van der Waals surface area contributed by atoms with Crippen LogP contribution in [0.2, 0.25) is 0 Å². The number of fused-ring (bicyclic) bond motifs is 1. The summed E-state index contributed by atoms with van der Waals surface area (Å²) in [4.78, 5) is 19.7. The van der Waals surface area contributed by atoms with Crippen molar-refractivity contribution in [3.8, 4) is 11.5 Å². The van der Waals surface area contributed by atoms with Gasteiger partial charge in [0.2, 0.25) is 5.91 Å². The van der Waals surface area contributed by atoms with Crippen molar-refractivity contribution in [1.29, 1.82) is 0 Å². The molecule has 3 aromatic carbocycles. The van der Waals surface area contributed by atoms with Gasteiger partial charge < -0.3 is 18.9 Å². The number of nitrogens with zero attached hydrogens (tertiary/aromatic N) is 3. The number of amides is 1. The van der Waals surface area contributed by atoms with E-state index in [1.54, 1.807) is 7.11 Å². The molecular weight excluding hydrogens is 414 g/mol. The van der Waals surface area contributed by atoms with Crippen LogP contribution in [-0.4, -0.2) is 35.7 Å². The van der Waals surface area contributed by atoms with Gasteiger partial charge in [0.05, 0.1) is 24.8 Å². The van der Waals surface area contributed by atoms with Crippen LogP contribution < -0.4 is 14.4 Å². The van der Waals surface area contributed by atoms with E-state index >= 15 is 0 Å². The summed E-state index contributed by atoms with van der Waals surface area (Å²) in [6.07, 6.45) is 1.30. The number of ether oxygens (including phenoxy) is 2. The molecule has 0 bridgehead atoms. The van der Waals surface area contributed by atoms with Crippen molar-refractivity contribution in [2.24, 2.45) is 0 Å². The Morgan fingerprint density at radius 2 is 1.76 bits per heavy atom. The Labute approximate surface area is 193 Å². The van der Waals surface area contributed by atoms with E-state index in [4.69, 9.17) is 14.5 Å². The van der Waals surface area contributed by atoms with E-state index in [9.17, 15) is 4.79 Å². The SMILES string of the molecule is COc1cccc(N2CC(c3nc4ccccc4n3CCCOc3ccccc3)CC2=O)c1. The Balaban J connectivity index is 1.36. The number of aryl methyl sites for hydroxylation is 1. The Kier molecular flexibility index (Phi) is 5.98. The molecule has 2 heterocycles. The van der Waals surface area contributed by atoms with Gasteiger partial charge in [-0.15, -0.1) is 0 Å². The van der Waals surface area contributed by atoms with E-state index in [1.807, 2.05) is 77.7 Å². The molecule has 1 amide bonds. The Morgan fingerprint density at radius 1 is 0.970 bits per heavy atom. The average Bonchev–Trinajstić information content (AvgIpc) is 3.43. The number of aromatic nitrogens is 2. The number of hydrogen-bond acceptors (Lipinski definition) is 4. The highest BCUT2D eigenvalue weighted by Crippen LogP contribution is 2.34. The van der Waals surface area contributed by atoms with Crippen molar-refractivity contribution >= 4 is 22.6 Å². The van der Waals surface area contributed by atoms with Gasteiger partial charge in [-0.1, -0.05) is 36.4 Å². The van der Waals surface area contributed by atoms with Crippen LogP contribution in [0.3, 0.4) is 0 Å². The highest BCUT2D eigenvalue weighted by molar-refractivity contribution is 5.96. The molecule has 6 heteroatoms. The fourth-order valence-electron chi connectivity index (χ4n) is 4.48. The van der Waals surface area contributed by atoms with Gasteiger partial charge in [0.15, 0.2) is 0 Å². The van der Waals surface area contributed by atoms with Crippen molar-refractivity contribution in [2.75, 3.05) is 25.2 Å². The van der Waals surface area contributed by atoms with Crippen LogP contribution in [0.5, 0.6) is 11.5 Å². The van der Waals surface area contributed by atoms with E-state index in [2.05, 4.69) is 10.6 Å². The Bertz CT molecular complexity index is 1250. The first-order chi connectivity index (χ1) is 16.2. The predicted molar refractivity (Wildman–Crippen MR) is 129 cm³/mol. The number of methoxy groups -OCH3 is 1. The molecule has 1 unspecified atom stereocenters. The van der Waals surface area contributed by atoms with Gasteiger partial charge in [-0.2, -0.15) is 0 Å². The average molecular weight is 442 g/mol. The van der Waals surface area contributed by atoms with Crippen LogP contribution in [0.1, 0.15) is 24.6 Å². The Morgan fingerprint density at radius 3 is 2.61 bits per heavy atom. The summed E-state index contributed by atoms with van der Waals surface area (Å²) in [5, 5.41) is 0. The van der Waals surface area contributed by atoms with Crippen molar-refractivity contribution in [2.45, 2.75) is 25.3 Å². The van der Waals surface area contributed by atoms with E-state index < -0.39 is 0 Å². The normalized spacial score (nSPS) is 15.8. The molecule has 5 rings (SSSR count). The molecule has 1 atom stereocenters. The molecule has 1 aliphatic heterocycles. The monoisotopic (exact) mass is 441 g/mol. The summed E-state index contributed by atoms with van der Waals surface area (Å²) < 4.78 is 13.5. The number of para-hydroxylation sites is 3. The second kappa shape index (κ2) is 9.36. The third-order valence-corrected chi connectivity index (χ3v) is 6.08. The maximum Gasteiger partial charge on any atom is 0.227 e. The fraction of sp³-hybridized carbons (Fsp3) is 0.259. The molecule has 33 heavy (non-hydrogen) atoms. The molecule has 0 aliphatic carbocycles. The van der Waals surface area contributed by atoms with E-state index in [0.29, 0.717) is 19.6 Å². The number of benzene rings is 3. The number of carbonyl (C=O) groups excluding carboxylic acids is 1. The van der Waals surface area contributed by atoms with Crippen molar-refractivity contribution in [3.63, 3.8) is 0 Å². The zero-order chi connectivity index (χ0) is 22.6. The highest BCUT2D eigenvalue weighted by atomic mass is 16.5. The maximum absolute atomic E-state index is 12.9. The zero-order valence-corrected chi connectivity index (χ0v) is 18.7. The van der Waals surface area contributed by atoms with Crippen molar-refractivity contribution in [1.82, 2.24) is 9.55 Å². The molecule has 1 aromatic heterocycles. The second-order valence-corrected chi connectivity index (χ2v) is 8.23. The molecule has 0 N–H and O–H groups in total. The molecule has 0 radical (unpaired) electrons. The lowest BCUT2D eigenvalue weighted by atomic mass is 10.1. The van der Waals surface area contributed by atoms with Gasteiger partial charge in [-0.05, 0) is 42.8 Å². The first-order valence-corrected chi connectivity index (χ1v) is 11.3. The lowest BCUT2D eigenvalue weighted by molar-refractivity contribution is -0.117. The third-order valence-electron chi connectivity index (χ3n) is 6.08. The van der Waals surface area contributed by atoms with Crippen LogP contribution in [0, 0.1) is 0 Å². The molecule has 6 nitrogen and oxygen atoms in total. The molecule has 168 valence electrons. The van der Waals surface area contributed by atoms with Crippen LogP contribution in [0.15, 0.2) is 78.9 Å². The molecule has 1 fully saturated rings. The van der Waals surface area contributed by atoms with Gasteiger partial charge in [0.1, 0.15) is 17.3 Å². The molecular formula is C27H27N3O3. The fourth-order valence-corrected chi connectivity index (χ4v) is 4.48. The predicted octanol–water partition coefficient (Wildman–Crippen LogP) is 5.03. The minimum atomic E-state index is 0.0335. The van der Waals surface area contributed by atoms with Gasteiger partial charge in [0.25, 0.3) is 0 Å². The van der Waals surface area contributed by atoms with Crippen LogP contribution in [0.4, 0.5) is 5.69 Å². The van der Waals surface area contributed by atoms with Crippen LogP contribution >= 0.6 is 0 Å². The number of anilines is 1. The van der Waals surface area contributed by atoms with Crippen molar-refractivity contribution < 1.29 is 14.3 Å². The van der Waals surface area contributed by atoms with E-state index in [0.717, 1.165) is 47.0 Å². The number of hydrogen-bond donors (Lipinski definition) is 0. The van der Waals surface area contributed by atoms with Crippen LogP contribution in [0.25, 0.3) is 11.0 Å². The first kappa shape index (κ1) is 21.1. The number of imidazole rings is 1. The molecule has 1 saturated heterocycles. The lowest BCUT2D eigenvalue weighted by Gasteiger charge is -2.18. The van der Waals surface area contributed by atoms with E-state index in [1.165, 1.54) is 0 Å². The standard InChI is InChI=1S/C27H27N3O3/c1-32-23-12-7-9-21(18-23)30-19-20(17-26(30)31)27-28-24-13-5-6-14-25(24)29(27)15-8-16-33-22-10-3-2-4-11-22/h2-7,9-14,18,20H,8,15-17,19H2,1H3. The third kappa shape index (κ3) is 4.42. The van der Waals surface area contributed by atoms with Gasteiger partial charge >= 0.3 is 0 Å². The minimum absolute atomic E-state index is 0.0335. The summed E-state index contributed by atoms with van der Waals surface area (Å²) in [6.45, 7) is 2.01. The first-order valence-electron chi connectivity index (χ1n) is 11.3. The van der Waals surface area contributed by atoms with Gasteiger partial charge in [0, 0.05) is 37.2 Å². The molecule has 1 aliphatic rings. The number of carbonyl (C=O) groups is 1. The quantitative estimate of drug-likeness (QED) is 0.360. The topological polar surface area (TPSA) is 56.6 Å². The molecule has 4 aromatic rings. The minimum Gasteiger partial charge on any atom is -0.497 e. The summed E-state index contributed by atoms with van der Waals surface area (Å²) in [7, 11) is 1.64. The number of rotatable bonds is 8. The summed E-state index contributed by atoms with van der Waals surface area (Å²) in [5.41, 5.74) is 2.92. The van der Waals surface area contributed by atoms with Crippen LogP contribution in [-0.2, 0) is 11.3 Å². The second-order valence-electron chi connectivity index (χ2n) is 8.23. The smallest absolute Gasteiger partial charge is 0.227 e. The van der Waals surface area contributed by atoms with Gasteiger partial charge in [-0.3, -0.25) is 4.79 Å². The summed E-state index contributed by atoms with van der Waals surface area (Å²) >= 11 is 0. The summed E-state index contributed by atoms with van der Waals surface area (Å²) in [5.74, 6) is 2.73. The largest absolute Gasteiger partial charge is 0.497 e. The zero-order valence-electron chi connectivity index (χ0n) is 18.7. The maximum atomic E-state index is 12.9. The van der Waals surface area contributed by atoms with E-state index in [-0.39, 0.29) is 11.8 Å². The summed E-state index contributed by atoms with van der Waals surface area (Å²) in [6, 6.07) is 25.7. The van der Waals surface area contributed by atoms with Crippen molar-refractivity contribution in [3.05, 3.63) is 84.7 Å². The molecule has 0 saturated carbocycles. The molecule has 0 spiro atoms.